The number of hydrogen-bond donors (Lipinski definition) is 1. The molecule has 0 atom stereocenters. The molecular formula is C20H13ClF4N2O4. The van der Waals surface area contributed by atoms with Crippen LogP contribution in [0, 0.1) is 17.9 Å². The van der Waals surface area contributed by atoms with E-state index in [-0.39, 0.29) is 27.8 Å². The van der Waals surface area contributed by atoms with Gasteiger partial charge in [0, 0.05) is 6.07 Å². The van der Waals surface area contributed by atoms with Crippen molar-refractivity contribution >= 4 is 23.2 Å². The molecule has 0 aliphatic rings. The van der Waals surface area contributed by atoms with Crippen molar-refractivity contribution in [2.75, 3.05) is 5.32 Å². The summed E-state index contributed by atoms with van der Waals surface area (Å²) in [7, 11) is 0. The minimum Gasteiger partial charge on any atom is -0.619 e. The van der Waals surface area contributed by atoms with Crippen LogP contribution < -0.4 is 19.5 Å². The Morgan fingerprint density at radius 3 is 2.42 bits per heavy atom. The lowest BCUT2D eigenvalue weighted by atomic mass is 10.1. The predicted molar refractivity (Wildman–Crippen MR) is 103 cm³/mol. The van der Waals surface area contributed by atoms with E-state index < -0.39 is 29.4 Å². The number of aromatic nitrogens is 1. The van der Waals surface area contributed by atoms with Crippen molar-refractivity contribution in [1.82, 2.24) is 0 Å². The Bertz CT molecular complexity index is 1120. The van der Waals surface area contributed by atoms with E-state index in [4.69, 9.17) is 16.3 Å². The number of amides is 1. The van der Waals surface area contributed by atoms with Crippen molar-refractivity contribution in [3.05, 3.63) is 82.0 Å². The normalized spacial score (nSPS) is 11.2. The molecule has 31 heavy (non-hydrogen) atoms. The maximum atomic E-state index is 14.8. The highest BCUT2D eigenvalue weighted by Gasteiger charge is 2.31. The number of halogens is 5. The van der Waals surface area contributed by atoms with Gasteiger partial charge in [-0.15, -0.1) is 13.2 Å². The summed E-state index contributed by atoms with van der Waals surface area (Å²) in [6.07, 6.45) is -2.60. The van der Waals surface area contributed by atoms with Crippen LogP contribution in [0.4, 0.5) is 23.2 Å². The highest BCUT2D eigenvalue weighted by Crippen LogP contribution is 2.35. The third-order valence-electron chi connectivity index (χ3n) is 3.90. The third-order valence-corrected chi connectivity index (χ3v) is 4.36. The molecule has 1 aromatic heterocycles. The van der Waals surface area contributed by atoms with E-state index in [0.29, 0.717) is 4.73 Å². The molecule has 0 saturated carbocycles. The van der Waals surface area contributed by atoms with E-state index in [9.17, 15) is 27.6 Å². The Hall–Kier alpha value is -3.53. The first kappa shape index (κ1) is 22.2. The minimum atomic E-state index is -4.86. The number of nitrogens with zero attached hydrogens (tertiary/aromatic N) is 1. The molecule has 6 nitrogen and oxygen atoms in total. The topological polar surface area (TPSA) is 74.5 Å². The molecule has 0 spiro atoms. The van der Waals surface area contributed by atoms with Crippen LogP contribution in [0.5, 0.6) is 17.2 Å². The molecule has 0 unspecified atom stereocenters. The number of anilines is 1. The van der Waals surface area contributed by atoms with E-state index in [1.54, 1.807) is 0 Å². The van der Waals surface area contributed by atoms with Gasteiger partial charge in [-0.25, -0.2) is 4.39 Å². The Morgan fingerprint density at radius 1 is 1.16 bits per heavy atom. The van der Waals surface area contributed by atoms with Crippen LogP contribution in [0.25, 0.3) is 0 Å². The fraction of sp³-hybridized carbons (Fsp3) is 0.100. The second kappa shape index (κ2) is 8.68. The zero-order valence-electron chi connectivity index (χ0n) is 15.7. The molecule has 0 radical (unpaired) electrons. The number of rotatable bonds is 5. The number of nitrogens with one attached hydrogen (secondary N) is 1. The molecule has 0 aliphatic carbocycles. The van der Waals surface area contributed by atoms with E-state index in [2.05, 4.69) is 10.1 Å². The van der Waals surface area contributed by atoms with Crippen molar-refractivity contribution in [3.8, 4) is 17.2 Å². The van der Waals surface area contributed by atoms with E-state index in [0.717, 1.165) is 30.5 Å². The van der Waals surface area contributed by atoms with Crippen LogP contribution >= 0.6 is 11.6 Å². The summed E-state index contributed by atoms with van der Waals surface area (Å²) in [6, 6.07) is 8.41. The van der Waals surface area contributed by atoms with Crippen LogP contribution in [0.15, 0.2) is 54.9 Å². The SMILES string of the molecule is Cc1cc(Oc2ccc(OC(F)(F)F)cc2)c(C(=O)Nc2ccc[n+]([O-])c2)c(F)c1Cl. The fourth-order valence-electron chi connectivity index (χ4n) is 2.57. The molecule has 0 aliphatic heterocycles. The van der Waals surface area contributed by atoms with Gasteiger partial charge < -0.3 is 20.0 Å². The molecule has 3 rings (SSSR count). The molecule has 0 saturated heterocycles. The van der Waals surface area contributed by atoms with Crippen LogP contribution in [-0.2, 0) is 0 Å². The van der Waals surface area contributed by atoms with Crippen LogP contribution in [0.2, 0.25) is 5.02 Å². The number of alkyl halides is 3. The summed E-state index contributed by atoms with van der Waals surface area (Å²) in [5.74, 6) is -2.70. The van der Waals surface area contributed by atoms with E-state index >= 15 is 0 Å². The second-order valence-corrected chi connectivity index (χ2v) is 6.60. The van der Waals surface area contributed by atoms with Crippen molar-refractivity contribution in [1.29, 1.82) is 0 Å². The molecule has 1 amide bonds. The molecule has 11 heteroatoms. The van der Waals surface area contributed by atoms with Gasteiger partial charge in [0.2, 0.25) is 6.20 Å². The van der Waals surface area contributed by atoms with Crippen molar-refractivity contribution in [2.45, 2.75) is 13.3 Å². The molecule has 1 N–H and O–H groups in total. The van der Waals surface area contributed by atoms with Gasteiger partial charge in [-0.1, -0.05) is 11.6 Å². The van der Waals surface area contributed by atoms with Gasteiger partial charge >= 0.3 is 6.36 Å². The molecule has 2 aromatic carbocycles. The van der Waals surface area contributed by atoms with Gasteiger partial charge in [0.05, 0.1) is 5.02 Å². The minimum absolute atomic E-state index is 0.0156. The summed E-state index contributed by atoms with van der Waals surface area (Å²) < 4.78 is 61.4. The molecule has 0 fully saturated rings. The standard InChI is InChI=1S/C20H13ClF4N2O4/c1-11-9-15(30-13-4-6-14(7-5-13)31-20(23,24)25)16(18(22)17(11)21)19(28)26-12-3-2-8-27(29)10-12/h2-10H,1H3,(H,26,28). The van der Waals surface area contributed by atoms with Crippen LogP contribution in [-0.4, -0.2) is 12.3 Å². The zero-order chi connectivity index (χ0) is 22.8. The summed E-state index contributed by atoms with van der Waals surface area (Å²) in [6.45, 7) is 1.48. The summed E-state index contributed by atoms with van der Waals surface area (Å²) in [4.78, 5) is 12.7. The first-order valence-corrected chi connectivity index (χ1v) is 8.94. The number of aryl methyl sites for hydroxylation is 1. The maximum Gasteiger partial charge on any atom is 0.573 e. The second-order valence-electron chi connectivity index (χ2n) is 6.22. The predicted octanol–water partition coefficient (Wildman–Crippen LogP) is 5.36. The lowest BCUT2D eigenvalue weighted by Gasteiger charge is -2.15. The number of hydrogen-bond acceptors (Lipinski definition) is 4. The monoisotopic (exact) mass is 456 g/mol. The largest absolute Gasteiger partial charge is 0.619 e. The van der Waals surface area contributed by atoms with Gasteiger partial charge in [0.1, 0.15) is 28.5 Å². The Morgan fingerprint density at radius 2 is 1.81 bits per heavy atom. The number of carbonyl (C=O) groups excluding carboxylic acids is 1. The van der Waals surface area contributed by atoms with Crippen molar-refractivity contribution < 1.29 is 36.6 Å². The van der Waals surface area contributed by atoms with Gasteiger partial charge in [-0.05, 0) is 48.9 Å². The van der Waals surface area contributed by atoms with Crippen LogP contribution in [0.3, 0.4) is 0 Å². The highest BCUT2D eigenvalue weighted by atomic mass is 35.5. The first-order chi connectivity index (χ1) is 14.5. The van der Waals surface area contributed by atoms with Gasteiger partial charge in [-0.3, -0.25) is 4.79 Å². The first-order valence-electron chi connectivity index (χ1n) is 8.56. The third kappa shape index (κ3) is 5.54. The molecule has 162 valence electrons. The Labute approximate surface area is 178 Å². The zero-order valence-corrected chi connectivity index (χ0v) is 16.4. The van der Waals surface area contributed by atoms with Gasteiger partial charge in [0.25, 0.3) is 5.91 Å². The van der Waals surface area contributed by atoms with Crippen LogP contribution in [0.1, 0.15) is 15.9 Å². The van der Waals surface area contributed by atoms with Gasteiger partial charge in [-0.2, -0.15) is 4.73 Å². The van der Waals surface area contributed by atoms with Crippen molar-refractivity contribution in [3.63, 3.8) is 0 Å². The number of pyridine rings is 1. The molecule has 0 bridgehead atoms. The van der Waals surface area contributed by atoms with E-state index in [1.807, 2.05) is 0 Å². The molecule has 1 heterocycles. The number of ether oxygens (including phenoxy) is 2. The fourth-order valence-corrected chi connectivity index (χ4v) is 2.72. The lowest BCUT2D eigenvalue weighted by molar-refractivity contribution is -0.604. The highest BCUT2D eigenvalue weighted by molar-refractivity contribution is 6.32. The molecular weight excluding hydrogens is 444 g/mol. The van der Waals surface area contributed by atoms with Crippen molar-refractivity contribution in [2.24, 2.45) is 0 Å². The Kier molecular flexibility index (Phi) is 6.21. The summed E-state index contributed by atoms with van der Waals surface area (Å²) >= 11 is 5.92. The summed E-state index contributed by atoms with van der Waals surface area (Å²) in [5.41, 5.74) is -0.189. The number of benzene rings is 2. The lowest BCUT2D eigenvalue weighted by Crippen LogP contribution is -2.26. The average Bonchev–Trinajstić information content (AvgIpc) is 2.66. The van der Waals surface area contributed by atoms with E-state index in [1.165, 1.54) is 31.3 Å². The molecule has 3 aromatic rings. The quantitative estimate of drug-likeness (QED) is 0.318. The number of carbonyl (C=O) groups is 1. The smallest absolute Gasteiger partial charge is 0.573 e. The maximum absolute atomic E-state index is 14.8. The average molecular weight is 457 g/mol. The summed E-state index contributed by atoms with van der Waals surface area (Å²) in [5, 5.41) is 13.4. The Balaban J connectivity index is 1.92. The van der Waals surface area contributed by atoms with Gasteiger partial charge in [0.15, 0.2) is 12.0 Å².